The highest BCUT2D eigenvalue weighted by molar-refractivity contribution is 5.91. The van der Waals surface area contributed by atoms with Gasteiger partial charge in [0.05, 0.1) is 12.2 Å². The first-order valence-corrected chi connectivity index (χ1v) is 8.13. The monoisotopic (exact) mass is 341 g/mol. The molecule has 0 aliphatic heterocycles. The second kappa shape index (κ2) is 8.78. The number of rotatable bonds is 9. The zero-order valence-electron chi connectivity index (χ0n) is 14.5. The van der Waals surface area contributed by atoms with Gasteiger partial charge in [0.1, 0.15) is 6.61 Å². The maximum absolute atomic E-state index is 11.2. The molecule has 0 heterocycles. The average Bonchev–Trinajstić information content (AvgIpc) is 2.60. The van der Waals surface area contributed by atoms with E-state index in [2.05, 4.69) is 11.9 Å². The predicted octanol–water partition coefficient (Wildman–Crippen LogP) is 4.27. The smallest absolute Gasteiger partial charge is 0.336 e. The van der Waals surface area contributed by atoms with Gasteiger partial charge in [-0.15, -0.1) is 0 Å². The van der Waals surface area contributed by atoms with E-state index < -0.39 is 5.97 Å². The summed E-state index contributed by atoms with van der Waals surface area (Å²) in [6.07, 6.45) is 1.68. The third-order valence-electron chi connectivity index (χ3n) is 3.71. The van der Waals surface area contributed by atoms with Crippen LogP contribution in [0.5, 0.6) is 11.5 Å². The molecular weight excluding hydrogens is 318 g/mol. The number of aromatic carboxylic acids is 1. The van der Waals surface area contributed by atoms with Gasteiger partial charge in [-0.25, -0.2) is 4.79 Å². The SMILES string of the molecule is C=CCOc1ccc(CNc2cccc(C(=O)O)c2C)cc1OCC. The fourth-order valence-electron chi connectivity index (χ4n) is 2.45. The van der Waals surface area contributed by atoms with Gasteiger partial charge in [0, 0.05) is 12.2 Å². The number of carbonyl (C=O) groups is 1. The van der Waals surface area contributed by atoms with Crippen molar-refractivity contribution < 1.29 is 19.4 Å². The number of carboxylic acids is 1. The molecule has 132 valence electrons. The summed E-state index contributed by atoms with van der Waals surface area (Å²) < 4.78 is 11.2. The van der Waals surface area contributed by atoms with Crippen LogP contribution in [0.4, 0.5) is 5.69 Å². The Morgan fingerprint density at radius 2 is 2.04 bits per heavy atom. The molecule has 0 saturated heterocycles. The van der Waals surface area contributed by atoms with Crippen molar-refractivity contribution in [1.29, 1.82) is 0 Å². The molecule has 0 saturated carbocycles. The van der Waals surface area contributed by atoms with Gasteiger partial charge in [-0.1, -0.05) is 24.8 Å². The Morgan fingerprint density at radius 1 is 1.24 bits per heavy atom. The molecule has 5 nitrogen and oxygen atoms in total. The number of hydrogen-bond donors (Lipinski definition) is 2. The van der Waals surface area contributed by atoms with Crippen molar-refractivity contribution in [3.63, 3.8) is 0 Å². The van der Waals surface area contributed by atoms with E-state index >= 15 is 0 Å². The topological polar surface area (TPSA) is 67.8 Å². The zero-order chi connectivity index (χ0) is 18.2. The lowest BCUT2D eigenvalue weighted by molar-refractivity contribution is 0.0696. The van der Waals surface area contributed by atoms with Gasteiger partial charge in [0.25, 0.3) is 0 Å². The van der Waals surface area contributed by atoms with Crippen LogP contribution in [0, 0.1) is 6.92 Å². The summed E-state index contributed by atoms with van der Waals surface area (Å²) in [4.78, 5) is 11.2. The molecule has 0 unspecified atom stereocenters. The first kappa shape index (κ1) is 18.4. The van der Waals surface area contributed by atoms with Crippen molar-refractivity contribution in [2.75, 3.05) is 18.5 Å². The fourth-order valence-corrected chi connectivity index (χ4v) is 2.45. The van der Waals surface area contributed by atoms with Gasteiger partial charge in [-0.3, -0.25) is 0 Å². The Morgan fingerprint density at radius 3 is 2.72 bits per heavy atom. The van der Waals surface area contributed by atoms with Gasteiger partial charge in [0.2, 0.25) is 0 Å². The van der Waals surface area contributed by atoms with Crippen LogP contribution < -0.4 is 14.8 Å². The molecule has 2 N–H and O–H groups in total. The molecule has 0 aliphatic rings. The van der Waals surface area contributed by atoms with Crippen LogP contribution in [0.2, 0.25) is 0 Å². The van der Waals surface area contributed by atoms with Crippen LogP contribution >= 0.6 is 0 Å². The second-order valence-electron chi connectivity index (χ2n) is 5.45. The summed E-state index contributed by atoms with van der Waals surface area (Å²) in [5.41, 5.74) is 2.82. The van der Waals surface area contributed by atoms with Gasteiger partial charge in [0.15, 0.2) is 11.5 Å². The molecule has 0 aromatic heterocycles. The van der Waals surface area contributed by atoms with E-state index in [0.717, 1.165) is 11.3 Å². The highest BCUT2D eigenvalue weighted by Gasteiger charge is 2.10. The Bertz CT molecular complexity index is 755. The van der Waals surface area contributed by atoms with E-state index in [-0.39, 0.29) is 0 Å². The van der Waals surface area contributed by atoms with Crippen molar-refractivity contribution in [3.8, 4) is 11.5 Å². The number of ether oxygens (including phenoxy) is 2. The molecule has 2 rings (SSSR count). The van der Waals surface area contributed by atoms with Crippen molar-refractivity contribution in [2.45, 2.75) is 20.4 Å². The van der Waals surface area contributed by atoms with Crippen LogP contribution in [-0.2, 0) is 6.54 Å². The summed E-state index contributed by atoms with van der Waals surface area (Å²) in [7, 11) is 0. The van der Waals surface area contributed by atoms with Gasteiger partial charge >= 0.3 is 5.97 Å². The highest BCUT2D eigenvalue weighted by atomic mass is 16.5. The normalized spacial score (nSPS) is 10.2. The second-order valence-corrected chi connectivity index (χ2v) is 5.45. The standard InChI is InChI=1S/C20H23NO4/c1-4-11-25-18-10-9-15(12-19(18)24-5-2)13-21-17-8-6-7-16(14(17)3)20(22)23/h4,6-10,12,21H,1,5,11,13H2,2-3H3,(H,22,23). The van der Waals surface area contributed by atoms with E-state index in [4.69, 9.17) is 9.47 Å². The molecule has 0 bridgehead atoms. The number of carboxylic acid groups (broad SMARTS) is 1. The maximum Gasteiger partial charge on any atom is 0.336 e. The minimum absolute atomic E-state index is 0.299. The molecule has 0 fully saturated rings. The van der Waals surface area contributed by atoms with Crippen LogP contribution in [0.15, 0.2) is 49.1 Å². The molecule has 0 aliphatic carbocycles. The highest BCUT2D eigenvalue weighted by Crippen LogP contribution is 2.29. The van der Waals surface area contributed by atoms with Crippen molar-refractivity contribution in [2.24, 2.45) is 0 Å². The number of anilines is 1. The third-order valence-corrected chi connectivity index (χ3v) is 3.71. The molecular formula is C20H23NO4. The number of benzene rings is 2. The quantitative estimate of drug-likeness (QED) is 0.667. The summed E-state index contributed by atoms with van der Waals surface area (Å²) in [5.74, 6) is 0.428. The Balaban J connectivity index is 2.15. The van der Waals surface area contributed by atoms with E-state index in [1.165, 1.54) is 0 Å². The molecule has 0 spiro atoms. The maximum atomic E-state index is 11.2. The first-order chi connectivity index (χ1) is 12.1. The largest absolute Gasteiger partial charge is 0.490 e. The molecule has 0 radical (unpaired) electrons. The van der Waals surface area contributed by atoms with Crippen LogP contribution in [0.25, 0.3) is 0 Å². The van der Waals surface area contributed by atoms with Crippen LogP contribution in [0.1, 0.15) is 28.4 Å². The summed E-state index contributed by atoms with van der Waals surface area (Å²) in [6, 6.07) is 10.9. The Hall–Kier alpha value is -2.95. The number of hydrogen-bond acceptors (Lipinski definition) is 4. The van der Waals surface area contributed by atoms with Crippen LogP contribution in [-0.4, -0.2) is 24.3 Å². The summed E-state index contributed by atoms with van der Waals surface area (Å²) in [6.45, 7) is 8.86. The molecule has 2 aromatic carbocycles. The molecule has 25 heavy (non-hydrogen) atoms. The van der Waals surface area contributed by atoms with Crippen molar-refractivity contribution in [1.82, 2.24) is 0 Å². The lowest BCUT2D eigenvalue weighted by atomic mass is 10.1. The number of nitrogens with one attached hydrogen (secondary N) is 1. The summed E-state index contributed by atoms with van der Waals surface area (Å²) in [5, 5.41) is 12.5. The van der Waals surface area contributed by atoms with Gasteiger partial charge < -0.3 is 19.9 Å². The lowest BCUT2D eigenvalue weighted by Crippen LogP contribution is -2.06. The fraction of sp³-hybridized carbons (Fsp3) is 0.250. The molecule has 0 amide bonds. The van der Waals surface area contributed by atoms with E-state index in [9.17, 15) is 9.90 Å². The average molecular weight is 341 g/mol. The molecule has 5 heteroatoms. The van der Waals surface area contributed by atoms with Gasteiger partial charge in [-0.2, -0.15) is 0 Å². The Labute approximate surface area is 147 Å². The van der Waals surface area contributed by atoms with Crippen molar-refractivity contribution >= 4 is 11.7 Å². The van der Waals surface area contributed by atoms with E-state index in [1.807, 2.05) is 31.2 Å². The predicted molar refractivity (Wildman–Crippen MR) is 98.8 cm³/mol. The molecule has 2 aromatic rings. The van der Waals surface area contributed by atoms with E-state index in [1.54, 1.807) is 25.1 Å². The van der Waals surface area contributed by atoms with E-state index in [0.29, 0.717) is 42.4 Å². The van der Waals surface area contributed by atoms with Crippen LogP contribution in [0.3, 0.4) is 0 Å². The summed E-state index contributed by atoms with van der Waals surface area (Å²) >= 11 is 0. The minimum atomic E-state index is -0.927. The van der Waals surface area contributed by atoms with Gasteiger partial charge in [-0.05, 0) is 49.2 Å². The lowest BCUT2D eigenvalue weighted by Gasteiger charge is -2.14. The first-order valence-electron chi connectivity index (χ1n) is 8.13. The zero-order valence-corrected chi connectivity index (χ0v) is 14.5. The van der Waals surface area contributed by atoms with Crippen molar-refractivity contribution in [3.05, 3.63) is 65.7 Å². The molecule has 0 atom stereocenters. The third kappa shape index (κ3) is 4.76. The Kier molecular flexibility index (Phi) is 6.46. The minimum Gasteiger partial charge on any atom is -0.490 e.